The van der Waals surface area contributed by atoms with Crippen LogP contribution in [0.25, 0.3) is 10.1 Å². The number of ketones is 1. The molecule has 3 aromatic rings. The van der Waals surface area contributed by atoms with E-state index in [0.29, 0.717) is 47.4 Å². The van der Waals surface area contributed by atoms with Crippen molar-refractivity contribution in [2.24, 2.45) is 0 Å². The van der Waals surface area contributed by atoms with Crippen LogP contribution in [0.5, 0.6) is 0 Å². The minimum Gasteiger partial charge on any atom is -0.332 e. The Bertz CT molecular complexity index is 1320. The highest BCUT2D eigenvalue weighted by molar-refractivity contribution is 7.20. The molecule has 2 saturated heterocycles. The molecule has 1 spiro atoms. The van der Waals surface area contributed by atoms with Gasteiger partial charge in [0.25, 0.3) is 5.91 Å². The van der Waals surface area contributed by atoms with Crippen LogP contribution < -0.4 is 0 Å². The van der Waals surface area contributed by atoms with E-state index in [1.165, 1.54) is 29.9 Å². The van der Waals surface area contributed by atoms with Crippen LogP contribution in [0.4, 0.5) is 18.0 Å². The summed E-state index contributed by atoms with van der Waals surface area (Å²) in [4.78, 5) is 41.7. The van der Waals surface area contributed by atoms with Gasteiger partial charge in [0.1, 0.15) is 5.69 Å². The summed E-state index contributed by atoms with van der Waals surface area (Å²) < 4.78 is 40.8. The normalized spacial score (nSPS) is 17.9. The van der Waals surface area contributed by atoms with Gasteiger partial charge in [-0.3, -0.25) is 9.59 Å². The Kier molecular flexibility index (Phi) is 5.70. The smallest absolute Gasteiger partial charge is 0.332 e. The van der Waals surface area contributed by atoms with E-state index in [-0.39, 0.29) is 29.0 Å². The maximum atomic E-state index is 13.5. The Balaban J connectivity index is 1.31. The third kappa shape index (κ3) is 4.22. The predicted molar refractivity (Wildman–Crippen MR) is 124 cm³/mol. The highest BCUT2D eigenvalue weighted by atomic mass is 32.1. The molecule has 7 nitrogen and oxygen atoms in total. The van der Waals surface area contributed by atoms with Gasteiger partial charge in [0.15, 0.2) is 5.78 Å². The molecule has 2 aliphatic heterocycles. The van der Waals surface area contributed by atoms with Crippen molar-refractivity contribution in [3.05, 3.63) is 52.7 Å². The Hall–Kier alpha value is -3.21. The quantitative estimate of drug-likeness (QED) is 0.458. The lowest BCUT2D eigenvalue weighted by molar-refractivity contribution is -0.137. The largest absolute Gasteiger partial charge is 0.416 e. The highest BCUT2D eigenvalue weighted by Gasteiger charge is 2.46. The SMILES string of the molecule is CC(=O)c1ccn(C(=O)N2CCC3(CCCN3C(=O)c3cc4ccc(C(F)(F)F)cc4s3)CC2)n1. The number of carbonyl (C=O) groups excluding carboxylic acids is 3. The van der Waals surface area contributed by atoms with Crippen LogP contribution in [-0.4, -0.2) is 62.5 Å². The maximum Gasteiger partial charge on any atom is 0.416 e. The number of rotatable bonds is 2. The Morgan fingerprint density at radius 3 is 2.43 bits per heavy atom. The Morgan fingerprint density at radius 2 is 1.77 bits per heavy atom. The molecule has 4 heterocycles. The predicted octanol–water partition coefficient (Wildman–Crippen LogP) is 5.06. The third-order valence-corrected chi connectivity index (χ3v) is 8.10. The highest BCUT2D eigenvalue weighted by Crippen LogP contribution is 2.41. The van der Waals surface area contributed by atoms with E-state index >= 15 is 0 Å². The molecule has 2 amide bonds. The first-order valence-corrected chi connectivity index (χ1v) is 12.2. The van der Waals surface area contributed by atoms with E-state index in [1.54, 1.807) is 11.0 Å². The van der Waals surface area contributed by atoms with Crippen LogP contribution in [0, 0.1) is 0 Å². The summed E-state index contributed by atoms with van der Waals surface area (Å²) in [6.07, 6.45) is -0.0932. The number of thiophene rings is 1. The summed E-state index contributed by atoms with van der Waals surface area (Å²) in [5.74, 6) is -0.389. The molecule has 2 fully saturated rings. The molecule has 0 saturated carbocycles. The van der Waals surface area contributed by atoms with Crippen LogP contribution in [0.1, 0.15) is 58.3 Å². The number of halogens is 3. The van der Waals surface area contributed by atoms with E-state index in [1.807, 2.05) is 4.90 Å². The topological polar surface area (TPSA) is 75.5 Å². The molecule has 0 atom stereocenters. The molecule has 2 aromatic heterocycles. The average molecular weight is 505 g/mol. The number of Topliss-reactive ketones (excluding diaryl/α,β-unsaturated/α-hetero) is 1. The summed E-state index contributed by atoms with van der Waals surface area (Å²) in [6.45, 7) is 2.85. The summed E-state index contributed by atoms with van der Waals surface area (Å²) in [5.41, 5.74) is -0.881. The van der Waals surface area contributed by atoms with Crippen molar-refractivity contribution < 1.29 is 27.6 Å². The van der Waals surface area contributed by atoms with Gasteiger partial charge in [-0.25, -0.2) is 4.79 Å². The molecule has 2 aliphatic rings. The lowest BCUT2D eigenvalue weighted by Gasteiger charge is -2.44. The van der Waals surface area contributed by atoms with Crippen molar-refractivity contribution >= 4 is 39.1 Å². The summed E-state index contributed by atoms with van der Waals surface area (Å²) >= 11 is 1.08. The molecular formula is C24H23F3N4O3S. The van der Waals surface area contributed by atoms with Gasteiger partial charge >= 0.3 is 12.2 Å². The fraction of sp³-hybridized carbons (Fsp3) is 0.417. The molecule has 5 rings (SSSR count). The number of aromatic nitrogens is 2. The Morgan fingerprint density at radius 1 is 1.03 bits per heavy atom. The molecule has 11 heteroatoms. The van der Waals surface area contributed by atoms with Crippen molar-refractivity contribution in [1.29, 1.82) is 0 Å². The number of piperidine rings is 1. The van der Waals surface area contributed by atoms with Crippen molar-refractivity contribution in [3.8, 4) is 0 Å². The third-order valence-electron chi connectivity index (χ3n) is 7.01. The number of hydrogen-bond donors (Lipinski definition) is 0. The summed E-state index contributed by atoms with van der Waals surface area (Å²) in [7, 11) is 0. The number of benzene rings is 1. The summed E-state index contributed by atoms with van der Waals surface area (Å²) in [5, 5.41) is 4.66. The van der Waals surface area contributed by atoms with E-state index in [4.69, 9.17) is 0 Å². The minimum absolute atomic E-state index is 0.171. The van der Waals surface area contributed by atoms with Gasteiger partial charge < -0.3 is 9.80 Å². The number of hydrogen-bond acceptors (Lipinski definition) is 5. The second-order valence-electron chi connectivity index (χ2n) is 9.12. The van der Waals surface area contributed by atoms with Crippen LogP contribution in [-0.2, 0) is 6.18 Å². The monoisotopic (exact) mass is 504 g/mol. The van der Waals surface area contributed by atoms with Gasteiger partial charge in [0, 0.05) is 43.0 Å². The number of fused-ring (bicyclic) bond motifs is 1. The molecule has 0 bridgehead atoms. The van der Waals surface area contributed by atoms with Gasteiger partial charge in [-0.2, -0.15) is 23.0 Å². The van der Waals surface area contributed by atoms with Crippen molar-refractivity contribution in [2.75, 3.05) is 19.6 Å². The number of nitrogens with zero attached hydrogens (tertiary/aromatic N) is 4. The van der Waals surface area contributed by atoms with Crippen molar-refractivity contribution in [1.82, 2.24) is 19.6 Å². The number of carbonyl (C=O) groups is 3. The van der Waals surface area contributed by atoms with Crippen LogP contribution in [0.2, 0.25) is 0 Å². The Labute approximate surface area is 203 Å². The van der Waals surface area contributed by atoms with E-state index in [2.05, 4.69) is 5.10 Å². The van der Waals surface area contributed by atoms with Crippen LogP contribution >= 0.6 is 11.3 Å². The summed E-state index contributed by atoms with van der Waals surface area (Å²) in [6, 6.07) is 6.39. The molecule has 0 N–H and O–H groups in total. The van der Waals surface area contributed by atoms with E-state index < -0.39 is 11.7 Å². The second-order valence-corrected chi connectivity index (χ2v) is 10.2. The first-order chi connectivity index (χ1) is 16.6. The zero-order chi connectivity index (χ0) is 25.0. The molecule has 0 radical (unpaired) electrons. The lowest BCUT2D eigenvalue weighted by Crippen LogP contribution is -2.55. The maximum absolute atomic E-state index is 13.5. The van der Waals surface area contributed by atoms with Crippen LogP contribution in [0.3, 0.4) is 0 Å². The average Bonchev–Trinajstić information content (AvgIpc) is 3.56. The fourth-order valence-corrected chi connectivity index (χ4v) is 6.15. The molecular weight excluding hydrogens is 481 g/mol. The first kappa shape index (κ1) is 23.5. The fourth-order valence-electron chi connectivity index (χ4n) is 5.10. The number of amides is 2. The first-order valence-electron chi connectivity index (χ1n) is 11.4. The zero-order valence-corrected chi connectivity index (χ0v) is 19.8. The molecule has 0 aliphatic carbocycles. The number of likely N-dealkylation sites (tertiary alicyclic amines) is 2. The van der Waals surface area contributed by atoms with Crippen molar-refractivity contribution in [3.63, 3.8) is 0 Å². The molecule has 184 valence electrons. The number of alkyl halides is 3. The van der Waals surface area contributed by atoms with Gasteiger partial charge in [-0.05, 0) is 55.3 Å². The minimum atomic E-state index is -4.43. The van der Waals surface area contributed by atoms with Gasteiger partial charge in [-0.1, -0.05) is 6.07 Å². The van der Waals surface area contributed by atoms with E-state index in [9.17, 15) is 27.6 Å². The van der Waals surface area contributed by atoms with Gasteiger partial charge in [0.05, 0.1) is 10.4 Å². The van der Waals surface area contributed by atoms with Crippen LogP contribution in [0.15, 0.2) is 36.5 Å². The van der Waals surface area contributed by atoms with Gasteiger partial charge in [0.2, 0.25) is 0 Å². The molecule has 35 heavy (non-hydrogen) atoms. The second kappa shape index (κ2) is 8.47. The van der Waals surface area contributed by atoms with Gasteiger partial charge in [-0.15, -0.1) is 11.3 Å². The molecule has 1 aromatic carbocycles. The molecule has 0 unspecified atom stereocenters. The lowest BCUT2D eigenvalue weighted by atomic mass is 9.85. The zero-order valence-electron chi connectivity index (χ0n) is 19.0. The van der Waals surface area contributed by atoms with Crippen molar-refractivity contribution in [2.45, 2.75) is 44.3 Å². The van der Waals surface area contributed by atoms with E-state index in [0.717, 1.165) is 36.3 Å². The standard InChI is InChI=1S/C24H23F3N4O3S/c1-15(32)18-5-10-31(28-18)22(34)29-11-7-23(8-12-29)6-2-9-30(23)21(33)20-13-16-3-4-17(24(25,26)27)14-19(16)35-20/h3-5,10,13-14H,2,6-9,11-12H2,1H3.